The summed E-state index contributed by atoms with van der Waals surface area (Å²) in [6.45, 7) is -0.516. The van der Waals surface area contributed by atoms with Gasteiger partial charge in [-0.1, -0.05) is 36.4 Å². The molecule has 30 heavy (non-hydrogen) atoms. The SMILES string of the molecule is COC(=O)c1ccccc1C(=O)OCC(=O)Nc1cccc(Oc2ccccc2)c1. The van der Waals surface area contributed by atoms with Crippen molar-refractivity contribution in [2.24, 2.45) is 0 Å². The van der Waals surface area contributed by atoms with E-state index in [2.05, 4.69) is 10.1 Å². The van der Waals surface area contributed by atoms with E-state index in [0.717, 1.165) is 0 Å². The molecule has 0 aliphatic rings. The van der Waals surface area contributed by atoms with Gasteiger partial charge in [-0.05, 0) is 36.4 Å². The molecule has 0 unspecified atom stereocenters. The molecule has 1 N–H and O–H groups in total. The largest absolute Gasteiger partial charge is 0.465 e. The molecule has 0 aromatic heterocycles. The quantitative estimate of drug-likeness (QED) is 0.596. The average molecular weight is 405 g/mol. The average Bonchev–Trinajstić information content (AvgIpc) is 2.78. The summed E-state index contributed by atoms with van der Waals surface area (Å²) in [5.41, 5.74) is 0.575. The van der Waals surface area contributed by atoms with Crippen LogP contribution in [0.3, 0.4) is 0 Å². The van der Waals surface area contributed by atoms with Crippen LogP contribution in [0.2, 0.25) is 0 Å². The van der Waals surface area contributed by atoms with E-state index in [1.807, 2.05) is 30.3 Å². The third-order valence-corrected chi connectivity index (χ3v) is 3.98. The Balaban J connectivity index is 1.58. The van der Waals surface area contributed by atoms with E-state index in [9.17, 15) is 14.4 Å². The van der Waals surface area contributed by atoms with Crippen molar-refractivity contribution < 1.29 is 28.6 Å². The van der Waals surface area contributed by atoms with Gasteiger partial charge in [-0.3, -0.25) is 4.79 Å². The molecular weight excluding hydrogens is 386 g/mol. The number of methoxy groups -OCH3 is 1. The number of hydrogen-bond donors (Lipinski definition) is 1. The highest BCUT2D eigenvalue weighted by Gasteiger charge is 2.19. The zero-order chi connectivity index (χ0) is 21.3. The van der Waals surface area contributed by atoms with Gasteiger partial charge in [0.1, 0.15) is 11.5 Å². The summed E-state index contributed by atoms with van der Waals surface area (Å²) in [4.78, 5) is 36.2. The van der Waals surface area contributed by atoms with E-state index in [1.54, 1.807) is 36.4 Å². The number of amides is 1. The molecule has 7 heteroatoms. The lowest BCUT2D eigenvalue weighted by molar-refractivity contribution is -0.119. The zero-order valence-electron chi connectivity index (χ0n) is 16.2. The van der Waals surface area contributed by atoms with Gasteiger partial charge in [0.05, 0.1) is 18.2 Å². The lowest BCUT2D eigenvalue weighted by Crippen LogP contribution is -2.22. The molecule has 0 radical (unpaired) electrons. The third-order valence-electron chi connectivity index (χ3n) is 3.98. The Morgan fingerprint density at radius 1 is 0.767 bits per heavy atom. The highest BCUT2D eigenvalue weighted by atomic mass is 16.5. The van der Waals surface area contributed by atoms with Crippen LogP contribution in [-0.4, -0.2) is 31.6 Å². The van der Waals surface area contributed by atoms with Crippen LogP contribution in [0.1, 0.15) is 20.7 Å². The minimum Gasteiger partial charge on any atom is -0.465 e. The number of nitrogens with one attached hydrogen (secondary N) is 1. The Labute approximate surface area is 173 Å². The van der Waals surface area contributed by atoms with Crippen LogP contribution in [0.15, 0.2) is 78.9 Å². The maximum absolute atomic E-state index is 12.3. The Kier molecular flexibility index (Phi) is 6.78. The first-order valence-corrected chi connectivity index (χ1v) is 9.04. The Hall–Kier alpha value is -4.13. The van der Waals surface area contributed by atoms with Crippen molar-refractivity contribution in [2.75, 3.05) is 19.0 Å². The first kappa shape index (κ1) is 20.6. The zero-order valence-corrected chi connectivity index (χ0v) is 16.2. The monoisotopic (exact) mass is 405 g/mol. The summed E-state index contributed by atoms with van der Waals surface area (Å²) in [6.07, 6.45) is 0. The Morgan fingerprint density at radius 2 is 1.40 bits per heavy atom. The molecule has 152 valence electrons. The maximum Gasteiger partial charge on any atom is 0.339 e. The number of esters is 2. The molecule has 0 saturated carbocycles. The molecule has 0 aliphatic heterocycles. The van der Waals surface area contributed by atoms with Crippen molar-refractivity contribution in [3.05, 3.63) is 90.0 Å². The number of carbonyl (C=O) groups excluding carboxylic acids is 3. The van der Waals surface area contributed by atoms with E-state index in [-0.39, 0.29) is 11.1 Å². The predicted molar refractivity (Wildman–Crippen MR) is 110 cm³/mol. The van der Waals surface area contributed by atoms with Crippen LogP contribution >= 0.6 is 0 Å². The summed E-state index contributed by atoms with van der Waals surface area (Å²) in [7, 11) is 1.22. The summed E-state index contributed by atoms with van der Waals surface area (Å²) >= 11 is 0. The molecule has 0 spiro atoms. The van der Waals surface area contributed by atoms with E-state index >= 15 is 0 Å². The lowest BCUT2D eigenvalue weighted by Gasteiger charge is -2.10. The normalized spacial score (nSPS) is 10.0. The molecule has 3 aromatic carbocycles. The van der Waals surface area contributed by atoms with Crippen LogP contribution in [0.5, 0.6) is 11.5 Å². The number of anilines is 1. The van der Waals surface area contributed by atoms with Crippen LogP contribution in [0.4, 0.5) is 5.69 Å². The number of carbonyl (C=O) groups is 3. The first-order valence-electron chi connectivity index (χ1n) is 9.04. The fourth-order valence-corrected chi connectivity index (χ4v) is 2.62. The van der Waals surface area contributed by atoms with Crippen molar-refractivity contribution in [1.82, 2.24) is 0 Å². The highest BCUT2D eigenvalue weighted by Crippen LogP contribution is 2.23. The standard InChI is InChI=1S/C23H19NO6/c1-28-22(26)19-12-5-6-13-20(19)23(27)29-15-21(25)24-16-8-7-11-18(14-16)30-17-9-3-2-4-10-17/h2-14H,15H2,1H3,(H,24,25). The Bertz CT molecular complexity index is 1050. The molecule has 0 aliphatic carbocycles. The highest BCUT2D eigenvalue weighted by molar-refractivity contribution is 6.04. The van der Waals surface area contributed by atoms with E-state index in [0.29, 0.717) is 17.2 Å². The van der Waals surface area contributed by atoms with Gasteiger partial charge in [0.15, 0.2) is 6.61 Å². The van der Waals surface area contributed by atoms with E-state index < -0.39 is 24.5 Å². The van der Waals surface area contributed by atoms with Crippen LogP contribution in [0.25, 0.3) is 0 Å². The first-order chi connectivity index (χ1) is 14.6. The van der Waals surface area contributed by atoms with Crippen molar-refractivity contribution in [3.63, 3.8) is 0 Å². The molecule has 0 fully saturated rings. The number of para-hydroxylation sites is 1. The fourth-order valence-electron chi connectivity index (χ4n) is 2.62. The minimum atomic E-state index is -0.799. The second-order valence-electron chi connectivity index (χ2n) is 6.10. The second-order valence-corrected chi connectivity index (χ2v) is 6.10. The molecule has 3 aromatic rings. The number of hydrogen-bond acceptors (Lipinski definition) is 6. The van der Waals surface area contributed by atoms with E-state index in [1.165, 1.54) is 19.2 Å². The molecule has 0 atom stereocenters. The molecular formula is C23H19NO6. The van der Waals surface area contributed by atoms with Crippen LogP contribution in [0, 0.1) is 0 Å². The van der Waals surface area contributed by atoms with Gasteiger partial charge in [0.2, 0.25) is 0 Å². The smallest absolute Gasteiger partial charge is 0.339 e. The van der Waals surface area contributed by atoms with E-state index in [4.69, 9.17) is 9.47 Å². The molecule has 0 heterocycles. The number of ether oxygens (including phenoxy) is 3. The van der Waals surface area contributed by atoms with Gasteiger partial charge < -0.3 is 19.5 Å². The van der Waals surface area contributed by atoms with Gasteiger partial charge in [0, 0.05) is 11.8 Å². The van der Waals surface area contributed by atoms with Crippen LogP contribution in [-0.2, 0) is 14.3 Å². The minimum absolute atomic E-state index is 0.0235. The molecule has 7 nitrogen and oxygen atoms in total. The van der Waals surface area contributed by atoms with Crippen molar-refractivity contribution >= 4 is 23.5 Å². The van der Waals surface area contributed by atoms with Crippen molar-refractivity contribution in [2.45, 2.75) is 0 Å². The molecule has 3 rings (SSSR count). The summed E-state index contributed by atoms with van der Waals surface area (Å²) < 4.78 is 15.4. The lowest BCUT2D eigenvalue weighted by atomic mass is 10.1. The molecule has 0 bridgehead atoms. The number of benzene rings is 3. The van der Waals surface area contributed by atoms with Gasteiger partial charge in [0.25, 0.3) is 5.91 Å². The summed E-state index contributed by atoms with van der Waals surface area (Å²) in [5.74, 6) is -0.785. The topological polar surface area (TPSA) is 90.9 Å². The molecule has 0 saturated heterocycles. The van der Waals surface area contributed by atoms with Crippen molar-refractivity contribution in [3.8, 4) is 11.5 Å². The van der Waals surface area contributed by atoms with Gasteiger partial charge in [-0.15, -0.1) is 0 Å². The predicted octanol–water partition coefficient (Wildman–Crippen LogP) is 4.06. The van der Waals surface area contributed by atoms with Gasteiger partial charge >= 0.3 is 11.9 Å². The van der Waals surface area contributed by atoms with Gasteiger partial charge in [-0.25, -0.2) is 9.59 Å². The van der Waals surface area contributed by atoms with Gasteiger partial charge in [-0.2, -0.15) is 0 Å². The number of rotatable bonds is 7. The second kappa shape index (κ2) is 9.88. The maximum atomic E-state index is 12.3. The van der Waals surface area contributed by atoms with Crippen molar-refractivity contribution in [1.29, 1.82) is 0 Å². The molecule has 1 amide bonds. The third kappa shape index (κ3) is 5.45. The van der Waals surface area contributed by atoms with Crippen LogP contribution < -0.4 is 10.1 Å². The Morgan fingerprint density at radius 3 is 2.10 bits per heavy atom. The summed E-state index contributed by atoms with van der Waals surface area (Å²) in [6, 6.07) is 22.1. The summed E-state index contributed by atoms with van der Waals surface area (Å²) in [5, 5.41) is 2.64. The fraction of sp³-hybridized carbons (Fsp3) is 0.0870.